The number of benzene rings is 2. The van der Waals surface area contributed by atoms with E-state index >= 15 is 0 Å². The Balaban J connectivity index is 1.44. The number of hydrogen-bond donors (Lipinski definition) is 1. The van der Waals surface area contributed by atoms with Gasteiger partial charge in [0.1, 0.15) is 12.4 Å². The van der Waals surface area contributed by atoms with Gasteiger partial charge in [-0.25, -0.2) is 13.8 Å². The fourth-order valence-corrected chi connectivity index (χ4v) is 3.54. The number of rotatable bonds is 5. The topological polar surface area (TPSA) is 56.2 Å². The van der Waals surface area contributed by atoms with Gasteiger partial charge in [0.2, 0.25) is 5.95 Å². The molecule has 4 aromatic rings. The van der Waals surface area contributed by atoms with E-state index in [2.05, 4.69) is 10.3 Å². The van der Waals surface area contributed by atoms with Crippen LogP contribution in [0.2, 0.25) is 0 Å². The molecule has 0 aliphatic rings. The third-order valence-electron chi connectivity index (χ3n) is 4.18. The predicted octanol–water partition coefficient (Wildman–Crippen LogP) is 4.74. The van der Waals surface area contributed by atoms with Crippen LogP contribution < -0.4 is 10.1 Å². The van der Waals surface area contributed by atoms with Crippen molar-refractivity contribution < 1.29 is 18.3 Å². The molecule has 0 saturated carbocycles. The Hall–Kier alpha value is -3.26. The number of thiophene rings is 1. The molecular formula is C20H15F2N3O2S. The first-order valence-electron chi connectivity index (χ1n) is 8.39. The lowest BCUT2D eigenvalue weighted by Gasteiger charge is -2.05. The molecule has 0 fully saturated rings. The van der Waals surface area contributed by atoms with Crippen LogP contribution in [0.5, 0.6) is 5.75 Å². The van der Waals surface area contributed by atoms with Crippen LogP contribution in [0.15, 0.2) is 53.9 Å². The number of fused-ring (bicyclic) bond motifs is 1. The maximum atomic E-state index is 13.6. The smallest absolute Gasteiger partial charge is 0.268 e. The van der Waals surface area contributed by atoms with Crippen LogP contribution in [0.1, 0.15) is 15.2 Å². The van der Waals surface area contributed by atoms with Crippen LogP contribution in [-0.4, -0.2) is 15.5 Å². The molecule has 2 aromatic heterocycles. The fourth-order valence-electron chi connectivity index (χ4n) is 2.74. The van der Waals surface area contributed by atoms with Gasteiger partial charge in [0, 0.05) is 18.7 Å². The lowest BCUT2D eigenvalue weighted by atomic mass is 10.3. The molecule has 2 heterocycles. The van der Waals surface area contributed by atoms with E-state index in [9.17, 15) is 13.6 Å². The number of halogens is 2. The van der Waals surface area contributed by atoms with Crippen molar-refractivity contribution in [3.8, 4) is 5.75 Å². The Morgan fingerprint density at radius 3 is 2.82 bits per heavy atom. The molecule has 0 saturated heterocycles. The summed E-state index contributed by atoms with van der Waals surface area (Å²) in [7, 11) is 1.83. The SMILES string of the molecule is Cn1c(NC(=O)c2cc(COc3ccc(F)cc3F)cs2)nc2ccccc21. The molecule has 0 radical (unpaired) electrons. The number of anilines is 1. The summed E-state index contributed by atoms with van der Waals surface area (Å²) in [6.45, 7) is 0.0681. The normalized spacial score (nSPS) is 11.0. The van der Waals surface area contributed by atoms with Gasteiger partial charge in [0.15, 0.2) is 11.6 Å². The van der Waals surface area contributed by atoms with Crippen molar-refractivity contribution in [2.24, 2.45) is 7.05 Å². The minimum atomic E-state index is -0.768. The number of carbonyl (C=O) groups is 1. The Kier molecular flexibility index (Phi) is 4.79. The first kappa shape index (κ1) is 18.1. The van der Waals surface area contributed by atoms with Crippen molar-refractivity contribution in [2.45, 2.75) is 6.61 Å². The van der Waals surface area contributed by atoms with Crippen molar-refractivity contribution in [1.82, 2.24) is 9.55 Å². The molecule has 0 aliphatic heterocycles. The maximum Gasteiger partial charge on any atom is 0.268 e. The molecular weight excluding hydrogens is 384 g/mol. The van der Waals surface area contributed by atoms with E-state index in [0.29, 0.717) is 16.4 Å². The number of imidazole rings is 1. The van der Waals surface area contributed by atoms with Crippen LogP contribution >= 0.6 is 11.3 Å². The molecule has 142 valence electrons. The average Bonchev–Trinajstić information content (AvgIpc) is 3.27. The molecule has 0 spiro atoms. The highest BCUT2D eigenvalue weighted by atomic mass is 32.1. The number of ether oxygens (including phenoxy) is 1. The van der Waals surface area contributed by atoms with Crippen LogP contribution in [0.3, 0.4) is 0 Å². The van der Waals surface area contributed by atoms with Crippen molar-refractivity contribution in [1.29, 1.82) is 0 Å². The summed E-state index contributed by atoms with van der Waals surface area (Å²) >= 11 is 1.25. The van der Waals surface area contributed by atoms with Crippen molar-refractivity contribution in [3.05, 3.63) is 76.0 Å². The molecule has 5 nitrogen and oxygen atoms in total. The number of amides is 1. The molecule has 2 aromatic carbocycles. The number of carbonyl (C=O) groups excluding carboxylic acids is 1. The Bertz CT molecular complexity index is 1170. The summed E-state index contributed by atoms with van der Waals surface area (Å²) in [5.74, 6) is -1.32. The first-order valence-corrected chi connectivity index (χ1v) is 9.27. The predicted molar refractivity (Wildman–Crippen MR) is 104 cm³/mol. The van der Waals surface area contributed by atoms with Gasteiger partial charge in [0.25, 0.3) is 5.91 Å². The van der Waals surface area contributed by atoms with Gasteiger partial charge in [-0.05, 0) is 35.7 Å². The quantitative estimate of drug-likeness (QED) is 0.527. The summed E-state index contributed by atoms with van der Waals surface area (Å²) < 4.78 is 33.7. The number of nitrogens with zero attached hydrogens (tertiary/aromatic N) is 2. The highest BCUT2D eigenvalue weighted by molar-refractivity contribution is 7.12. The third kappa shape index (κ3) is 3.59. The summed E-state index contributed by atoms with van der Waals surface area (Å²) in [5, 5.41) is 4.55. The van der Waals surface area contributed by atoms with Gasteiger partial charge in [-0.1, -0.05) is 12.1 Å². The minimum absolute atomic E-state index is 0.0432. The number of hydrogen-bond acceptors (Lipinski definition) is 4. The number of aryl methyl sites for hydroxylation is 1. The molecule has 0 bridgehead atoms. The second-order valence-electron chi connectivity index (χ2n) is 6.12. The van der Waals surface area contributed by atoms with Gasteiger partial charge in [-0.2, -0.15) is 0 Å². The summed E-state index contributed by atoms with van der Waals surface area (Å²) in [6, 6.07) is 12.4. The van der Waals surface area contributed by atoms with E-state index in [-0.39, 0.29) is 18.3 Å². The zero-order chi connectivity index (χ0) is 19.7. The van der Waals surface area contributed by atoms with Crippen molar-refractivity contribution >= 4 is 34.2 Å². The van der Waals surface area contributed by atoms with Gasteiger partial charge >= 0.3 is 0 Å². The molecule has 28 heavy (non-hydrogen) atoms. The van der Waals surface area contributed by atoms with E-state index in [1.54, 1.807) is 11.4 Å². The van der Waals surface area contributed by atoms with E-state index in [1.807, 2.05) is 35.9 Å². The van der Waals surface area contributed by atoms with Crippen LogP contribution in [-0.2, 0) is 13.7 Å². The van der Waals surface area contributed by atoms with Crippen LogP contribution in [0.4, 0.5) is 14.7 Å². The Morgan fingerprint density at radius 1 is 1.21 bits per heavy atom. The van der Waals surface area contributed by atoms with Gasteiger partial charge < -0.3 is 9.30 Å². The number of para-hydroxylation sites is 2. The lowest BCUT2D eigenvalue weighted by Crippen LogP contribution is -2.13. The number of nitrogens with one attached hydrogen (secondary N) is 1. The summed E-state index contributed by atoms with van der Waals surface area (Å²) in [6.07, 6.45) is 0. The lowest BCUT2D eigenvalue weighted by molar-refractivity contribution is 0.102. The highest BCUT2D eigenvalue weighted by Gasteiger charge is 2.14. The Morgan fingerprint density at radius 2 is 2.04 bits per heavy atom. The van der Waals surface area contributed by atoms with Crippen LogP contribution in [0, 0.1) is 11.6 Å². The Labute approximate surface area is 163 Å². The second-order valence-corrected chi connectivity index (χ2v) is 7.03. The average molecular weight is 399 g/mol. The molecule has 1 amide bonds. The molecule has 4 rings (SSSR count). The minimum Gasteiger partial charge on any atom is -0.486 e. The van der Waals surface area contributed by atoms with Crippen molar-refractivity contribution in [3.63, 3.8) is 0 Å². The molecule has 8 heteroatoms. The largest absolute Gasteiger partial charge is 0.486 e. The van der Waals surface area contributed by atoms with Crippen LogP contribution in [0.25, 0.3) is 11.0 Å². The standard InChI is InChI=1S/C20H15F2N3O2S/c1-25-16-5-3-2-4-15(16)23-20(25)24-19(26)18-8-12(11-28-18)10-27-17-7-6-13(21)9-14(17)22/h2-9,11H,10H2,1H3,(H,23,24,26). The summed E-state index contributed by atoms with van der Waals surface area (Å²) in [4.78, 5) is 17.4. The summed E-state index contributed by atoms with van der Waals surface area (Å²) in [5.41, 5.74) is 2.42. The zero-order valence-corrected chi connectivity index (χ0v) is 15.6. The monoisotopic (exact) mass is 399 g/mol. The molecule has 0 unspecified atom stereocenters. The third-order valence-corrected chi connectivity index (χ3v) is 5.16. The maximum absolute atomic E-state index is 13.6. The first-order chi connectivity index (χ1) is 13.5. The van der Waals surface area contributed by atoms with E-state index in [0.717, 1.165) is 23.2 Å². The van der Waals surface area contributed by atoms with Gasteiger partial charge in [0.05, 0.1) is 15.9 Å². The van der Waals surface area contributed by atoms with Gasteiger partial charge in [-0.15, -0.1) is 11.3 Å². The highest BCUT2D eigenvalue weighted by Crippen LogP contribution is 2.23. The van der Waals surface area contributed by atoms with Gasteiger partial charge in [-0.3, -0.25) is 10.1 Å². The van der Waals surface area contributed by atoms with E-state index < -0.39 is 11.6 Å². The van der Waals surface area contributed by atoms with Crippen molar-refractivity contribution in [2.75, 3.05) is 5.32 Å². The van der Waals surface area contributed by atoms with E-state index in [1.165, 1.54) is 17.4 Å². The second kappa shape index (κ2) is 7.40. The number of aromatic nitrogens is 2. The molecule has 1 N–H and O–H groups in total. The fraction of sp³-hybridized carbons (Fsp3) is 0.100. The molecule has 0 aliphatic carbocycles. The van der Waals surface area contributed by atoms with E-state index in [4.69, 9.17) is 4.74 Å². The zero-order valence-electron chi connectivity index (χ0n) is 14.8. The molecule has 0 atom stereocenters.